The fraction of sp³-hybridized carbons (Fsp3) is 0.250. The maximum absolute atomic E-state index is 9.31. The third-order valence-corrected chi connectivity index (χ3v) is 3.26. The van der Waals surface area contributed by atoms with Gasteiger partial charge in [0.1, 0.15) is 5.75 Å². The van der Waals surface area contributed by atoms with E-state index in [2.05, 4.69) is 12.1 Å². The second kappa shape index (κ2) is 13.3. The molecule has 126 valence electrons. The average Bonchev–Trinajstić information content (AvgIpc) is 2.49. The summed E-state index contributed by atoms with van der Waals surface area (Å²) in [6, 6.07) is 12.3. The van der Waals surface area contributed by atoms with Crippen molar-refractivity contribution in [3.05, 3.63) is 53.1 Å². The summed E-state index contributed by atoms with van der Waals surface area (Å²) in [6.07, 6.45) is 0. The van der Waals surface area contributed by atoms with Crippen LogP contribution in [-0.2, 0) is 21.8 Å². The molecular weight excluding hydrogens is 431 g/mol. The van der Waals surface area contributed by atoms with E-state index in [1.54, 1.807) is 7.11 Å². The van der Waals surface area contributed by atoms with Crippen LogP contribution in [0.15, 0.2) is 36.4 Å². The first-order valence-corrected chi connectivity index (χ1v) is 14.3. The van der Waals surface area contributed by atoms with Gasteiger partial charge in [0.15, 0.2) is 0 Å². The Bertz CT molecular complexity index is 543. The van der Waals surface area contributed by atoms with E-state index in [9.17, 15) is 5.11 Å². The Balaban J connectivity index is 0. The summed E-state index contributed by atoms with van der Waals surface area (Å²) in [6.45, 7) is 4.10. The molecule has 0 fully saturated rings. The van der Waals surface area contributed by atoms with Crippen LogP contribution in [0.25, 0.3) is 11.1 Å². The maximum atomic E-state index is 9.31. The number of hydrogen-bond donors (Lipinski definition) is 1. The van der Waals surface area contributed by atoms with E-state index in [4.69, 9.17) is 24.1 Å². The first-order valence-electron chi connectivity index (χ1n) is 6.54. The van der Waals surface area contributed by atoms with Crippen LogP contribution in [0, 0.1) is 13.8 Å². The zero-order chi connectivity index (χ0) is 15.8. The molecule has 0 atom stereocenters. The van der Waals surface area contributed by atoms with Crippen LogP contribution in [0.2, 0.25) is 0 Å². The van der Waals surface area contributed by atoms with Gasteiger partial charge in [-0.1, -0.05) is 24.3 Å². The Hall–Kier alpha value is -0.0166. The summed E-state index contributed by atoms with van der Waals surface area (Å²) in [5, 5.41) is 9.31. The predicted molar refractivity (Wildman–Crippen MR) is 100 cm³/mol. The molecule has 0 heterocycles. The first-order chi connectivity index (χ1) is 10.1. The third kappa shape index (κ3) is 7.60. The van der Waals surface area contributed by atoms with E-state index in [-0.39, 0.29) is 31.4 Å². The number of aliphatic hydroxyl groups excluding tert-OH is 1. The number of rotatable bonds is 3. The molecule has 0 aliphatic heterocycles. The number of ether oxygens (including phenoxy) is 1. The summed E-state index contributed by atoms with van der Waals surface area (Å²) in [5.74, 6) is 0.888. The first kappa shape index (κ1) is 25.2. The molecule has 0 unspecified atom stereocenters. The predicted octanol–water partition coefficient (Wildman–Crippen LogP) is 5.69. The van der Waals surface area contributed by atoms with Gasteiger partial charge in [-0.2, -0.15) is 0 Å². The molecule has 2 nitrogen and oxygen atoms in total. The normalized spacial score (nSPS) is 8.61. The Morgan fingerprint density at radius 3 is 1.91 bits per heavy atom. The van der Waals surface area contributed by atoms with Gasteiger partial charge < -0.3 is 9.84 Å². The number of halogens is 4. The summed E-state index contributed by atoms with van der Waals surface area (Å²) in [5.41, 5.74) is 5.40. The number of benzene rings is 2. The van der Waals surface area contributed by atoms with E-state index in [0.717, 1.165) is 33.6 Å². The topological polar surface area (TPSA) is 29.5 Å². The second-order valence-electron chi connectivity index (χ2n) is 4.58. The quantitative estimate of drug-likeness (QED) is 0.608. The van der Waals surface area contributed by atoms with Crippen LogP contribution >= 0.6 is 44.2 Å². The van der Waals surface area contributed by atoms with Crippen molar-refractivity contribution >= 4 is 44.2 Å². The molecule has 0 saturated heterocycles. The Morgan fingerprint density at radius 2 is 1.43 bits per heavy atom. The third-order valence-electron chi connectivity index (χ3n) is 3.26. The van der Waals surface area contributed by atoms with Crippen molar-refractivity contribution < 1.29 is 25.0 Å². The minimum absolute atomic E-state index is 0. The van der Waals surface area contributed by atoms with Crippen molar-refractivity contribution in [1.82, 2.24) is 0 Å². The zero-order valence-corrected chi connectivity index (χ0v) is 19.4. The standard InChI is InChI=1S/C16H18O2.4ClH.Zn/c1-11-4-6-13(8-15(11)10-17)14-7-5-12(2)16(9-14)18-3;;;;;/h4-9,17H,10H2,1-3H3;4*1H;/q;;;;;+2/p-2. The summed E-state index contributed by atoms with van der Waals surface area (Å²) >= 11 is -0.931. The van der Waals surface area contributed by atoms with E-state index in [1.807, 2.05) is 38.1 Å². The average molecular weight is 452 g/mol. The van der Waals surface area contributed by atoms with Crippen molar-refractivity contribution in [2.24, 2.45) is 0 Å². The van der Waals surface area contributed by atoms with E-state index in [1.165, 1.54) is 0 Å². The van der Waals surface area contributed by atoms with Crippen LogP contribution in [0.4, 0.5) is 0 Å². The molecule has 0 aliphatic rings. The zero-order valence-electron chi connectivity index (χ0n) is 13.3. The van der Waals surface area contributed by atoms with Crippen molar-refractivity contribution in [1.29, 1.82) is 0 Å². The van der Waals surface area contributed by atoms with Gasteiger partial charge in [-0.3, -0.25) is 0 Å². The Kier molecular flexibility index (Phi) is 14.6. The van der Waals surface area contributed by atoms with Gasteiger partial charge in [0.25, 0.3) is 0 Å². The van der Waals surface area contributed by atoms with Crippen LogP contribution in [0.5, 0.6) is 5.75 Å². The molecule has 1 N–H and O–H groups in total. The molecule has 2 rings (SSSR count). The molecule has 0 saturated carbocycles. The summed E-state index contributed by atoms with van der Waals surface area (Å²) in [7, 11) is 11.6. The molecule has 2 aromatic carbocycles. The van der Waals surface area contributed by atoms with Gasteiger partial charge >= 0.3 is 34.5 Å². The molecule has 0 aromatic heterocycles. The van der Waals surface area contributed by atoms with Crippen molar-refractivity contribution in [3.8, 4) is 16.9 Å². The molecule has 0 aliphatic carbocycles. The fourth-order valence-corrected chi connectivity index (χ4v) is 2.02. The minimum atomic E-state index is -0.931. The summed E-state index contributed by atoms with van der Waals surface area (Å²) < 4.78 is 5.34. The van der Waals surface area contributed by atoms with E-state index < -0.39 is 15.1 Å². The molecule has 23 heavy (non-hydrogen) atoms. The van der Waals surface area contributed by atoms with Gasteiger partial charge in [0, 0.05) is 0 Å². The van der Waals surface area contributed by atoms with Crippen molar-refractivity contribution in [2.75, 3.05) is 7.11 Å². The van der Waals surface area contributed by atoms with Crippen LogP contribution in [-0.4, -0.2) is 12.2 Å². The number of aliphatic hydroxyl groups is 1. The molecule has 0 spiro atoms. The van der Waals surface area contributed by atoms with Crippen molar-refractivity contribution in [2.45, 2.75) is 20.5 Å². The molecule has 7 heteroatoms. The SMILES string of the molecule is COc1cc(-c2ccc(C)c(CO)c2)ccc1C.Cl.Cl.[Cl][Zn][Cl]. The number of aryl methyl sites for hydroxylation is 2. The van der Waals surface area contributed by atoms with E-state index >= 15 is 0 Å². The molecule has 0 bridgehead atoms. The van der Waals surface area contributed by atoms with Crippen molar-refractivity contribution in [3.63, 3.8) is 0 Å². The molecule has 2 aromatic rings. The molecular formula is C16H20Cl4O2Zn. The fourth-order valence-electron chi connectivity index (χ4n) is 2.02. The van der Waals surface area contributed by atoms with Gasteiger partial charge in [0.2, 0.25) is 0 Å². The van der Waals surface area contributed by atoms with Gasteiger partial charge in [-0.15, -0.1) is 24.8 Å². The second-order valence-corrected chi connectivity index (χ2v) is 9.21. The van der Waals surface area contributed by atoms with Crippen LogP contribution in [0.3, 0.4) is 0 Å². The monoisotopic (exact) mass is 448 g/mol. The number of hydrogen-bond acceptors (Lipinski definition) is 2. The van der Waals surface area contributed by atoms with Gasteiger partial charge in [-0.05, 0) is 53.8 Å². The van der Waals surface area contributed by atoms with Crippen LogP contribution in [0.1, 0.15) is 16.7 Å². The van der Waals surface area contributed by atoms with E-state index in [0.29, 0.717) is 0 Å². The Labute approximate surface area is 166 Å². The van der Waals surface area contributed by atoms with Crippen LogP contribution < -0.4 is 4.74 Å². The van der Waals surface area contributed by atoms with Gasteiger partial charge in [0.05, 0.1) is 13.7 Å². The molecule has 0 amide bonds. The van der Waals surface area contributed by atoms with Gasteiger partial charge in [-0.25, -0.2) is 0 Å². The molecule has 0 radical (unpaired) electrons. The summed E-state index contributed by atoms with van der Waals surface area (Å²) in [4.78, 5) is 0. The number of methoxy groups -OCH3 is 1. The Morgan fingerprint density at radius 1 is 0.957 bits per heavy atom.